The molecule has 0 radical (unpaired) electrons. The summed E-state index contributed by atoms with van der Waals surface area (Å²) in [6.07, 6.45) is 4.59. The Morgan fingerprint density at radius 3 is 2.52 bits per heavy atom. The van der Waals surface area contributed by atoms with Crippen LogP contribution in [0, 0.1) is 19.8 Å². The zero-order valence-corrected chi connectivity index (χ0v) is 26.8. The number of ether oxygens (including phenoxy) is 2. The summed E-state index contributed by atoms with van der Waals surface area (Å²) in [5.74, 6) is 0.738. The molecule has 1 aromatic heterocycles. The van der Waals surface area contributed by atoms with Gasteiger partial charge in [0.2, 0.25) is 0 Å². The first-order chi connectivity index (χ1) is 20.2. The summed E-state index contributed by atoms with van der Waals surface area (Å²) in [6.45, 7) is 12.7. The minimum Gasteiger partial charge on any atom is -0.488 e. The number of esters is 1. The van der Waals surface area contributed by atoms with Gasteiger partial charge in [0, 0.05) is 42.7 Å². The van der Waals surface area contributed by atoms with Gasteiger partial charge in [-0.1, -0.05) is 38.0 Å². The summed E-state index contributed by atoms with van der Waals surface area (Å²) >= 11 is 1.62. The largest absolute Gasteiger partial charge is 0.488 e. The standard InChI is InChI=1S/C34H45N3O4S/c1-7-10-28(8-2)36(6)32(38)26-12-13-27(24(5)20-26)21-41-31-14-11-23(4)19-29(31)30-22-42-34(35-30)37-17-15-25(16-18-37)33(39)40-9-3/h11-14,19-20,22,25,28H,7-10,15-18,21H2,1-6H3. The average Bonchev–Trinajstić information content (AvgIpc) is 3.49. The molecule has 1 amide bonds. The fourth-order valence-electron chi connectivity index (χ4n) is 5.59. The lowest BCUT2D eigenvalue weighted by Crippen LogP contribution is -2.36. The van der Waals surface area contributed by atoms with Gasteiger partial charge < -0.3 is 19.3 Å². The number of nitrogens with zero attached hydrogens (tertiary/aromatic N) is 3. The van der Waals surface area contributed by atoms with Gasteiger partial charge in [-0.25, -0.2) is 4.98 Å². The highest BCUT2D eigenvalue weighted by molar-refractivity contribution is 7.14. The molecular formula is C34H45N3O4S. The SMILES string of the molecule is CCCC(CC)N(C)C(=O)c1ccc(COc2ccc(C)cc2-c2csc(N3CCC(C(=O)OCC)CC3)n2)c(C)c1. The van der Waals surface area contributed by atoms with Gasteiger partial charge in [-0.05, 0) is 81.8 Å². The third-order valence-electron chi connectivity index (χ3n) is 8.22. The van der Waals surface area contributed by atoms with Crippen LogP contribution in [0.1, 0.15) is 79.9 Å². The summed E-state index contributed by atoms with van der Waals surface area (Å²) < 4.78 is 11.6. The Morgan fingerprint density at radius 1 is 1.10 bits per heavy atom. The van der Waals surface area contributed by atoms with E-state index in [1.54, 1.807) is 11.3 Å². The van der Waals surface area contributed by atoms with Gasteiger partial charge in [-0.3, -0.25) is 9.59 Å². The van der Waals surface area contributed by atoms with Crippen LogP contribution >= 0.6 is 11.3 Å². The molecule has 8 heteroatoms. The van der Waals surface area contributed by atoms with Crippen molar-refractivity contribution in [3.8, 4) is 17.0 Å². The van der Waals surface area contributed by atoms with Crippen molar-refractivity contribution in [2.75, 3.05) is 31.6 Å². The number of rotatable bonds is 12. The Hall–Kier alpha value is -3.39. The second-order valence-electron chi connectivity index (χ2n) is 11.2. The van der Waals surface area contributed by atoms with Crippen molar-refractivity contribution in [3.63, 3.8) is 0 Å². The maximum absolute atomic E-state index is 13.1. The van der Waals surface area contributed by atoms with E-state index in [-0.39, 0.29) is 23.8 Å². The first kappa shape index (κ1) is 31.5. The van der Waals surface area contributed by atoms with Crippen molar-refractivity contribution in [2.45, 2.75) is 79.4 Å². The predicted octanol–water partition coefficient (Wildman–Crippen LogP) is 7.44. The molecule has 226 valence electrons. The quantitative estimate of drug-likeness (QED) is 0.204. The molecule has 1 unspecified atom stereocenters. The molecule has 1 saturated heterocycles. The van der Waals surface area contributed by atoms with Crippen molar-refractivity contribution >= 4 is 28.3 Å². The van der Waals surface area contributed by atoms with E-state index in [1.165, 1.54) is 0 Å². The molecule has 7 nitrogen and oxygen atoms in total. The molecule has 3 aromatic rings. The highest BCUT2D eigenvalue weighted by Crippen LogP contribution is 2.36. The molecule has 4 rings (SSSR count). The van der Waals surface area contributed by atoms with Crippen LogP contribution in [-0.2, 0) is 16.1 Å². The van der Waals surface area contributed by atoms with E-state index in [9.17, 15) is 9.59 Å². The Bertz CT molecular complexity index is 1360. The number of carbonyl (C=O) groups excluding carboxylic acids is 2. The van der Waals surface area contributed by atoms with E-state index in [0.717, 1.165) is 84.0 Å². The highest BCUT2D eigenvalue weighted by atomic mass is 32.1. The third-order valence-corrected chi connectivity index (χ3v) is 9.12. The Kier molecular flexibility index (Phi) is 11.0. The molecule has 2 aromatic carbocycles. The summed E-state index contributed by atoms with van der Waals surface area (Å²) in [5, 5.41) is 3.05. The van der Waals surface area contributed by atoms with E-state index >= 15 is 0 Å². The van der Waals surface area contributed by atoms with Crippen molar-refractivity contribution in [3.05, 3.63) is 64.0 Å². The van der Waals surface area contributed by atoms with Crippen LogP contribution < -0.4 is 9.64 Å². The van der Waals surface area contributed by atoms with Crippen LogP contribution in [0.2, 0.25) is 0 Å². The zero-order valence-electron chi connectivity index (χ0n) is 25.9. The van der Waals surface area contributed by atoms with Gasteiger partial charge in [0.1, 0.15) is 12.4 Å². The number of aromatic nitrogens is 1. The smallest absolute Gasteiger partial charge is 0.309 e. The van der Waals surface area contributed by atoms with Crippen molar-refractivity contribution in [1.29, 1.82) is 0 Å². The van der Waals surface area contributed by atoms with E-state index in [0.29, 0.717) is 18.8 Å². The van der Waals surface area contributed by atoms with Gasteiger partial charge >= 0.3 is 5.97 Å². The van der Waals surface area contributed by atoms with E-state index < -0.39 is 0 Å². The summed E-state index contributed by atoms with van der Waals surface area (Å²) in [4.78, 5) is 34.4. The first-order valence-corrected chi connectivity index (χ1v) is 16.1. The van der Waals surface area contributed by atoms with E-state index in [4.69, 9.17) is 14.5 Å². The number of hydrogen-bond acceptors (Lipinski definition) is 7. The Morgan fingerprint density at radius 2 is 1.86 bits per heavy atom. The lowest BCUT2D eigenvalue weighted by Gasteiger charge is -2.30. The number of benzene rings is 2. The number of thiazole rings is 1. The fourth-order valence-corrected chi connectivity index (χ4v) is 6.47. The molecule has 2 heterocycles. The zero-order chi connectivity index (χ0) is 30.2. The topological polar surface area (TPSA) is 72.0 Å². The maximum Gasteiger partial charge on any atom is 0.309 e. The molecule has 1 aliphatic heterocycles. The number of hydrogen-bond donors (Lipinski definition) is 0. The van der Waals surface area contributed by atoms with Crippen molar-refractivity contribution in [1.82, 2.24) is 9.88 Å². The predicted molar refractivity (Wildman–Crippen MR) is 170 cm³/mol. The molecule has 0 saturated carbocycles. The van der Waals surface area contributed by atoms with E-state index in [1.807, 2.05) is 50.1 Å². The number of amides is 1. The number of carbonyl (C=O) groups is 2. The number of aryl methyl sites for hydroxylation is 2. The second kappa shape index (κ2) is 14.7. The molecule has 0 spiro atoms. The molecule has 1 fully saturated rings. The Balaban J connectivity index is 1.44. The van der Waals surface area contributed by atoms with Crippen LogP contribution in [-0.4, -0.2) is 54.5 Å². The van der Waals surface area contributed by atoms with Gasteiger partial charge in [-0.15, -0.1) is 11.3 Å². The summed E-state index contributed by atoms with van der Waals surface area (Å²) in [5.41, 5.74) is 5.79. The van der Waals surface area contributed by atoms with Crippen LogP contribution in [0.15, 0.2) is 41.8 Å². The van der Waals surface area contributed by atoms with Gasteiger partial charge in [0.25, 0.3) is 5.91 Å². The van der Waals surface area contributed by atoms with Gasteiger partial charge in [0.05, 0.1) is 18.2 Å². The maximum atomic E-state index is 13.1. The summed E-state index contributed by atoms with van der Waals surface area (Å²) in [6, 6.07) is 12.3. The highest BCUT2D eigenvalue weighted by Gasteiger charge is 2.27. The average molecular weight is 592 g/mol. The molecule has 0 bridgehead atoms. The third kappa shape index (κ3) is 7.51. The Labute approximate surface area is 254 Å². The molecule has 0 N–H and O–H groups in total. The van der Waals surface area contributed by atoms with Crippen molar-refractivity contribution < 1.29 is 19.1 Å². The molecule has 0 aliphatic carbocycles. The minimum absolute atomic E-state index is 0.0247. The molecular weight excluding hydrogens is 546 g/mol. The monoisotopic (exact) mass is 591 g/mol. The van der Waals surface area contributed by atoms with Crippen LogP contribution in [0.25, 0.3) is 11.3 Å². The van der Waals surface area contributed by atoms with Crippen LogP contribution in [0.5, 0.6) is 5.75 Å². The molecule has 1 aliphatic rings. The van der Waals surface area contributed by atoms with Gasteiger partial charge in [0.15, 0.2) is 5.13 Å². The van der Waals surface area contributed by atoms with Crippen LogP contribution in [0.4, 0.5) is 5.13 Å². The number of anilines is 1. The van der Waals surface area contributed by atoms with Crippen molar-refractivity contribution in [2.24, 2.45) is 5.92 Å². The first-order valence-electron chi connectivity index (χ1n) is 15.2. The van der Waals surface area contributed by atoms with E-state index in [2.05, 4.69) is 43.2 Å². The summed E-state index contributed by atoms with van der Waals surface area (Å²) in [7, 11) is 1.91. The minimum atomic E-state index is -0.0838. The lowest BCUT2D eigenvalue weighted by molar-refractivity contribution is -0.148. The normalized spacial score (nSPS) is 14.5. The molecule has 1 atom stereocenters. The van der Waals surface area contributed by atoms with Gasteiger partial charge in [-0.2, -0.15) is 0 Å². The molecule has 42 heavy (non-hydrogen) atoms. The second-order valence-corrected chi connectivity index (χ2v) is 12.1. The number of piperidine rings is 1. The van der Waals surface area contributed by atoms with Crippen LogP contribution in [0.3, 0.4) is 0 Å². The fraction of sp³-hybridized carbons (Fsp3) is 0.500. The lowest BCUT2D eigenvalue weighted by atomic mass is 9.97.